The quantitative estimate of drug-likeness (QED) is 0.599. The van der Waals surface area contributed by atoms with Crippen LogP contribution < -0.4 is 5.32 Å². The molecule has 1 aromatic carbocycles. The molecule has 0 spiro atoms. The van der Waals surface area contributed by atoms with Crippen molar-refractivity contribution >= 4 is 27.7 Å². The maximum Gasteiger partial charge on any atom is 0.129 e. The van der Waals surface area contributed by atoms with Crippen molar-refractivity contribution in [3.63, 3.8) is 0 Å². The van der Waals surface area contributed by atoms with Gasteiger partial charge in [-0.05, 0) is 33.6 Å². The normalized spacial score (nSPS) is 10.3. The lowest BCUT2D eigenvalue weighted by molar-refractivity contribution is 0.471. The maximum absolute atomic E-state index is 9.33. The van der Waals surface area contributed by atoms with Crippen LogP contribution in [0.5, 0.6) is 5.75 Å². The number of phenols is 1. The summed E-state index contributed by atoms with van der Waals surface area (Å²) in [4.78, 5) is 0. The van der Waals surface area contributed by atoms with Gasteiger partial charge in [-0.3, -0.25) is 0 Å². The molecule has 2 N–H and O–H groups in total. The molecule has 0 unspecified atom stereocenters. The van der Waals surface area contributed by atoms with E-state index in [9.17, 15) is 5.11 Å². The summed E-state index contributed by atoms with van der Waals surface area (Å²) < 4.78 is 0.743. The Bertz CT molecular complexity index is 344. The second-order valence-corrected chi connectivity index (χ2v) is 5.33. The number of hydrogen-bond acceptors (Lipinski definition) is 3. The number of phenolic OH excluding ortho intramolecular Hbond substituents is 1. The van der Waals surface area contributed by atoms with E-state index in [0.29, 0.717) is 0 Å². The Morgan fingerprint density at radius 3 is 3.00 bits per heavy atom. The van der Waals surface area contributed by atoms with Crippen molar-refractivity contribution < 1.29 is 5.11 Å². The SMILES string of the molecule is C=CCSCCNCc1ccc(O)c(Br)c1. The predicted molar refractivity (Wildman–Crippen MR) is 75.0 cm³/mol. The number of hydrogen-bond donors (Lipinski definition) is 2. The second kappa shape index (κ2) is 7.76. The van der Waals surface area contributed by atoms with Crippen molar-refractivity contribution in [1.82, 2.24) is 5.32 Å². The number of nitrogens with one attached hydrogen (secondary N) is 1. The molecule has 0 aromatic heterocycles. The van der Waals surface area contributed by atoms with E-state index in [2.05, 4.69) is 27.8 Å². The van der Waals surface area contributed by atoms with E-state index in [-0.39, 0.29) is 5.75 Å². The van der Waals surface area contributed by atoms with Gasteiger partial charge in [-0.25, -0.2) is 0 Å². The average molecular weight is 302 g/mol. The first-order valence-electron chi connectivity index (χ1n) is 5.11. The fourth-order valence-electron chi connectivity index (χ4n) is 1.20. The Labute approximate surface area is 109 Å². The molecule has 0 aliphatic carbocycles. The summed E-state index contributed by atoms with van der Waals surface area (Å²) in [6.07, 6.45) is 1.92. The molecule has 88 valence electrons. The van der Waals surface area contributed by atoms with Gasteiger partial charge in [0.1, 0.15) is 5.75 Å². The lowest BCUT2D eigenvalue weighted by Crippen LogP contribution is -2.16. The lowest BCUT2D eigenvalue weighted by atomic mass is 10.2. The zero-order chi connectivity index (χ0) is 11.8. The summed E-state index contributed by atoms with van der Waals surface area (Å²) in [5, 5.41) is 12.7. The van der Waals surface area contributed by atoms with Crippen LogP contribution >= 0.6 is 27.7 Å². The molecule has 0 aliphatic heterocycles. The Kier molecular flexibility index (Phi) is 6.61. The highest BCUT2D eigenvalue weighted by Crippen LogP contribution is 2.24. The van der Waals surface area contributed by atoms with Gasteiger partial charge in [0.2, 0.25) is 0 Å². The monoisotopic (exact) mass is 301 g/mol. The minimum Gasteiger partial charge on any atom is -0.507 e. The third-order valence-corrected chi connectivity index (χ3v) is 3.60. The first-order valence-corrected chi connectivity index (χ1v) is 7.05. The van der Waals surface area contributed by atoms with E-state index in [1.165, 1.54) is 5.56 Å². The van der Waals surface area contributed by atoms with Crippen molar-refractivity contribution in [3.8, 4) is 5.75 Å². The van der Waals surface area contributed by atoms with Crippen molar-refractivity contribution in [3.05, 3.63) is 40.9 Å². The van der Waals surface area contributed by atoms with Crippen molar-refractivity contribution in [2.45, 2.75) is 6.54 Å². The molecule has 1 rings (SSSR count). The molecule has 1 aromatic rings. The summed E-state index contributed by atoms with van der Waals surface area (Å²) in [7, 11) is 0. The van der Waals surface area contributed by atoms with Crippen LogP contribution in [0.15, 0.2) is 35.3 Å². The predicted octanol–water partition coefficient (Wildman–Crippen LogP) is 3.16. The Morgan fingerprint density at radius 1 is 1.50 bits per heavy atom. The van der Waals surface area contributed by atoms with E-state index >= 15 is 0 Å². The highest BCUT2D eigenvalue weighted by molar-refractivity contribution is 9.10. The molecule has 0 saturated carbocycles. The van der Waals surface area contributed by atoms with Gasteiger partial charge >= 0.3 is 0 Å². The zero-order valence-corrected chi connectivity index (χ0v) is 11.5. The Morgan fingerprint density at radius 2 is 2.31 bits per heavy atom. The van der Waals surface area contributed by atoms with Crippen molar-refractivity contribution in [1.29, 1.82) is 0 Å². The van der Waals surface area contributed by atoms with Gasteiger partial charge in [0.25, 0.3) is 0 Å². The van der Waals surface area contributed by atoms with Gasteiger partial charge in [-0.15, -0.1) is 6.58 Å². The van der Waals surface area contributed by atoms with Crippen LogP contribution in [-0.2, 0) is 6.54 Å². The summed E-state index contributed by atoms with van der Waals surface area (Å²) in [5.41, 5.74) is 1.17. The smallest absolute Gasteiger partial charge is 0.129 e. The molecule has 0 aliphatic rings. The minimum absolute atomic E-state index is 0.283. The van der Waals surface area contributed by atoms with Crippen LogP contribution in [0.1, 0.15) is 5.56 Å². The molecule has 0 amide bonds. The zero-order valence-electron chi connectivity index (χ0n) is 9.08. The van der Waals surface area contributed by atoms with E-state index in [1.807, 2.05) is 30.0 Å². The Hall–Kier alpha value is -0.450. The number of halogens is 1. The van der Waals surface area contributed by atoms with Crippen molar-refractivity contribution in [2.75, 3.05) is 18.1 Å². The first kappa shape index (κ1) is 13.6. The molecule has 0 bridgehead atoms. The highest BCUT2D eigenvalue weighted by atomic mass is 79.9. The van der Waals surface area contributed by atoms with Crippen LogP contribution in [0, 0.1) is 0 Å². The molecule has 16 heavy (non-hydrogen) atoms. The van der Waals surface area contributed by atoms with Gasteiger partial charge in [0.05, 0.1) is 4.47 Å². The van der Waals surface area contributed by atoms with E-state index in [4.69, 9.17) is 0 Å². The molecule has 0 saturated heterocycles. The largest absolute Gasteiger partial charge is 0.507 e. The van der Waals surface area contributed by atoms with Gasteiger partial charge in [-0.2, -0.15) is 11.8 Å². The van der Waals surface area contributed by atoms with Crippen LogP contribution in [0.25, 0.3) is 0 Å². The van der Waals surface area contributed by atoms with E-state index < -0.39 is 0 Å². The minimum atomic E-state index is 0.283. The fraction of sp³-hybridized carbons (Fsp3) is 0.333. The molecule has 2 nitrogen and oxygen atoms in total. The van der Waals surface area contributed by atoms with Gasteiger partial charge < -0.3 is 10.4 Å². The number of aromatic hydroxyl groups is 1. The molecular weight excluding hydrogens is 286 g/mol. The van der Waals surface area contributed by atoms with Gasteiger partial charge in [-0.1, -0.05) is 12.1 Å². The maximum atomic E-state index is 9.33. The van der Waals surface area contributed by atoms with Gasteiger partial charge in [0, 0.05) is 24.6 Å². The molecule has 0 heterocycles. The third kappa shape index (κ3) is 5.05. The molecule has 4 heteroatoms. The van der Waals surface area contributed by atoms with E-state index in [0.717, 1.165) is 29.1 Å². The first-order chi connectivity index (χ1) is 7.74. The number of thioether (sulfide) groups is 1. The van der Waals surface area contributed by atoms with Crippen LogP contribution in [0.4, 0.5) is 0 Å². The topological polar surface area (TPSA) is 32.3 Å². The fourth-order valence-corrected chi connectivity index (χ4v) is 2.25. The van der Waals surface area contributed by atoms with Crippen LogP contribution in [0.3, 0.4) is 0 Å². The highest BCUT2D eigenvalue weighted by Gasteiger charge is 1.98. The summed E-state index contributed by atoms with van der Waals surface area (Å²) in [6.45, 7) is 5.48. The van der Waals surface area contributed by atoms with E-state index in [1.54, 1.807) is 6.07 Å². The van der Waals surface area contributed by atoms with Gasteiger partial charge in [0.15, 0.2) is 0 Å². The molecule has 0 atom stereocenters. The summed E-state index contributed by atoms with van der Waals surface area (Å²) >= 11 is 5.16. The summed E-state index contributed by atoms with van der Waals surface area (Å²) in [5.74, 6) is 2.38. The standard InChI is InChI=1S/C12H16BrNOS/c1-2-6-16-7-5-14-9-10-3-4-12(15)11(13)8-10/h2-4,8,14-15H,1,5-7,9H2. The Balaban J connectivity index is 2.21. The van der Waals surface area contributed by atoms with Crippen LogP contribution in [0.2, 0.25) is 0 Å². The third-order valence-electron chi connectivity index (χ3n) is 2.00. The lowest BCUT2D eigenvalue weighted by Gasteiger charge is -2.05. The van der Waals surface area contributed by atoms with Crippen LogP contribution in [-0.4, -0.2) is 23.2 Å². The number of rotatable bonds is 7. The summed E-state index contributed by atoms with van der Waals surface area (Å²) in [6, 6.07) is 5.55. The molecule has 0 fully saturated rings. The molecular formula is C12H16BrNOS. The average Bonchev–Trinajstić information content (AvgIpc) is 2.28. The second-order valence-electron chi connectivity index (χ2n) is 3.33. The van der Waals surface area contributed by atoms with Crippen molar-refractivity contribution in [2.24, 2.45) is 0 Å². The molecule has 0 radical (unpaired) electrons. The number of benzene rings is 1.